The van der Waals surface area contributed by atoms with Crippen molar-refractivity contribution in [1.29, 1.82) is 0 Å². The van der Waals surface area contributed by atoms with Crippen molar-refractivity contribution in [1.82, 2.24) is 5.09 Å². The van der Waals surface area contributed by atoms with Crippen molar-refractivity contribution in [3.05, 3.63) is 0 Å². The van der Waals surface area contributed by atoms with Crippen molar-refractivity contribution in [2.24, 2.45) is 0 Å². The molecule has 2 fully saturated rings. The molecule has 158 valence electrons. The van der Waals surface area contributed by atoms with E-state index in [4.69, 9.17) is 39.2 Å². The smallest absolute Gasteiger partial charge is 0.388 e. The quantitative estimate of drug-likeness (QED) is 0.329. The predicted octanol–water partition coefficient (Wildman–Crippen LogP) is -0.182. The van der Waals surface area contributed by atoms with Crippen LogP contribution >= 0.6 is 7.75 Å². The molecule has 0 bridgehead atoms. The Labute approximate surface area is 169 Å². The summed E-state index contributed by atoms with van der Waals surface area (Å²) in [5, 5.41) is 12.7. The number of ether oxygens (including phenoxy) is 4. The molecule has 0 aliphatic carbocycles. The Hall–Kier alpha value is 0.0399. The van der Waals surface area contributed by atoms with Crippen LogP contribution < -0.4 is 5.09 Å². The molecule has 0 aromatic heterocycles. The first-order valence-corrected chi connectivity index (χ1v) is 11.1. The molecule has 2 saturated heterocycles. The molecule has 2 aliphatic heterocycles. The average Bonchev–Trinajstić information content (AvgIpc) is 3.04. The molecular formula is C16H30B2NO8P. The van der Waals surface area contributed by atoms with Gasteiger partial charge in [0.25, 0.3) is 0 Å². The summed E-state index contributed by atoms with van der Waals surface area (Å²) in [6.07, 6.45) is -2.93. The second-order valence-electron chi connectivity index (χ2n) is 7.66. The second kappa shape index (κ2) is 10.4. The summed E-state index contributed by atoms with van der Waals surface area (Å²) < 4.78 is 39.8. The predicted molar refractivity (Wildman–Crippen MR) is 103 cm³/mol. The molecule has 8 atom stereocenters. The number of rotatable bonds is 10. The maximum Gasteiger partial charge on any atom is 0.403 e. The molecule has 0 saturated carbocycles. The SMILES string of the molecule is [B][C@@H]1O[C@H](COP(=O)(O)NC2C[C@H]([B])O[C@@H]2COC(C)C)C(OC(C)C)[C@H]1O. The van der Waals surface area contributed by atoms with E-state index in [0.717, 1.165) is 0 Å². The van der Waals surface area contributed by atoms with Gasteiger partial charge in [-0.2, -0.15) is 0 Å². The fourth-order valence-corrected chi connectivity index (χ4v) is 4.27. The molecule has 0 aromatic rings. The van der Waals surface area contributed by atoms with Crippen molar-refractivity contribution in [3.8, 4) is 0 Å². The average molecular weight is 417 g/mol. The summed E-state index contributed by atoms with van der Waals surface area (Å²) in [5.74, 6) is 0. The van der Waals surface area contributed by atoms with Gasteiger partial charge in [0.1, 0.15) is 34.0 Å². The molecule has 2 aliphatic rings. The highest BCUT2D eigenvalue weighted by atomic mass is 31.2. The maximum absolute atomic E-state index is 12.5. The Bertz CT molecular complexity index is 543. The van der Waals surface area contributed by atoms with Gasteiger partial charge in [-0.3, -0.25) is 4.52 Å². The summed E-state index contributed by atoms with van der Waals surface area (Å²) in [6.45, 7) is 7.32. The van der Waals surface area contributed by atoms with Gasteiger partial charge in [0, 0.05) is 18.0 Å². The van der Waals surface area contributed by atoms with Crippen LogP contribution in [0.25, 0.3) is 0 Å². The van der Waals surface area contributed by atoms with Gasteiger partial charge in [0.2, 0.25) is 0 Å². The van der Waals surface area contributed by atoms with Crippen LogP contribution in [0.3, 0.4) is 0 Å². The van der Waals surface area contributed by atoms with Gasteiger partial charge in [-0.05, 0) is 34.1 Å². The molecule has 3 unspecified atom stereocenters. The van der Waals surface area contributed by atoms with Crippen LogP contribution in [0.1, 0.15) is 34.1 Å². The van der Waals surface area contributed by atoms with E-state index in [0.29, 0.717) is 6.42 Å². The molecular weight excluding hydrogens is 387 g/mol. The molecule has 0 spiro atoms. The van der Waals surface area contributed by atoms with E-state index in [-0.39, 0.29) is 25.4 Å². The van der Waals surface area contributed by atoms with Crippen molar-refractivity contribution in [2.45, 2.75) is 88.8 Å². The second-order valence-corrected chi connectivity index (χ2v) is 9.22. The summed E-state index contributed by atoms with van der Waals surface area (Å²) in [7, 11) is 7.29. The molecule has 3 N–H and O–H groups in total. The third-order valence-corrected chi connectivity index (χ3v) is 5.58. The Morgan fingerprint density at radius 1 is 1.14 bits per heavy atom. The van der Waals surface area contributed by atoms with Crippen LogP contribution in [0.4, 0.5) is 0 Å². The Balaban J connectivity index is 1.90. The van der Waals surface area contributed by atoms with Crippen LogP contribution in [0.2, 0.25) is 0 Å². The lowest BCUT2D eigenvalue weighted by atomic mass is 9.93. The van der Waals surface area contributed by atoms with Crippen LogP contribution in [0.5, 0.6) is 0 Å². The minimum Gasteiger partial charge on any atom is -0.388 e. The molecule has 28 heavy (non-hydrogen) atoms. The lowest BCUT2D eigenvalue weighted by Crippen LogP contribution is -2.40. The fourth-order valence-electron chi connectivity index (χ4n) is 3.16. The number of aliphatic hydroxyl groups excluding tert-OH is 1. The molecule has 2 rings (SSSR count). The number of hydrogen-bond acceptors (Lipinski definition) is 7. The van der Waals surface area contributed by atoms with Crippen LogP contribution in [0.15, 0.2) is 0 Å². The summed E-state index contributed by atoms with van der Waals surface area (Å²) in [4.78, 5) is 10.2. The van der Waals surface area contributed by atoms with Gasteiger partial charge in [-0.25, -0.2) is 9.65 Å². The molecule has 12 heteroatoms. The zero-order valence-corrected chi connectivity index (χ0v) is 17.7. The molecule has 2 heterocycles. The first kappa shape index (κ1) is 24.3. The Kier molecular flexibility index (Phi) is 9.01. The Morgan fingerprint density at radius 3 is 2.43 bits per heavy atom. The van der Waals surface area contributed by atoms with E-state index < -0.39 is 50.2 Å². The molecule has 0 aromatic carbocycles. The zero-order valence-electron chi connectivity index (χ0n) is 16.8. The molecule has 9 nitrogen and oxygen atoms in total. The topological polar surface area (TPSA) is 116 Å². The first-order valence-electron chi connectivity index (χ1n) is 9.51. The highest BCUT2D eigenvalue weighted by Crippen LogP contribution is 2.41. The van der Waals surface area contributed by atoms with E-state index in [1.807, 2.05) is 13.8 Å². The Morgan fingerprint density at radius 2 is 1.82 bits per heavy atom. The summed E-state index contributed by atoms with van der Waals surface area (Å²) in [5.41, 5.74) is 0. The van der Waals surface area contributed by atoms with Crippen molar-refractivity contribution in [2.75, 3.05) is 13.2 Å². The van der Waals surface area contributed by atoms with Crippen LogP contribution in [-0.2, 0) is 28.0 Å². The van der Waals surface area contributed by atoms with Gasteiger partial charge >= 0.3 is 7.75 Å². The van der Waals surface area contributed by atoms with Gasteiger partial charge < -0.3 is 28.9 Å². The monoisotopic (exact) mass is 417 g/mol. The van der Waals surface area contributed by atoms with E-state index >= 15 is 0 Å². The molecule has 4 radical (unpaired) electrons. The third-order valence-electron chi connectivity index (χ3n) is 4.42. The van der Waals surface area contributed by atoms with Crippen LogP contribution in [0, 0.1) is 0 Å². The van der Waals surface area contributed by atoms with Crippen molar-refractivity contribution >= 4 is 23.4 Å². The third kappa shape index (κ3) is 7.07. The number of nitrogens with one attached hydrogen (secondary N) is 1. The van der Waals surface area contributed by atoms with Gasteiger partial charge in [-0.1, -0.05) is 0 Å². The number of hydrogen-bond donors (Lipinski definition) is 3. The highest BCUT2D eigenvalue weighted by Gasteiger charge is 2.44. The van der Waals surface area contributed by atoms with Gasteiger partial charge in [-0.15, -0.1) is 0 Å². The van der Waals surface area contributed by atoms with E-state index in [2.05, 4.69) is 5.09 Å². The lowest BCUT2D eigenvalue weighted by Gasteiger charge is -2.26. The van der Waals surface area contributed by atoms with Crippen molar-refractivity contribution < 1.29 is 38.0 Å². The zero-order chi connectivity index (χ0) is 21.1. The molecule has 0 amide bonds. The van der Waals surface area contributed by atoms with E-state index in [1.165, 1.54) is 0 Å². The largest absolute Gasteiger partial charge is 0.403 e. The van der Waals surface area contributed by atoms with Crippen LogP contribution in [-0.4, -0.2) is 93.6 Å². The summed E-state index contributed by atoms with van der Waals surface area (Å²) in [6, 6.07) is -2.03. The van der Waals surface area contributed by atoms with Gasteiger partial charge in [0.05, 0.1) is 31.5 Å². The van der Waals surface area contributed by atoms with E-state index in [9.17, 15) is 14.6 Å². The standard InChI is InChI=1S/C16H30B2NO8P/c1-8(2)23-6-11-10(5-13(17)26-11)19-28(21,22)24-7-12-15(25-9(3)4)14(20)16(18)27-12/h8-16,20H,5-7H2,1-4H3,(H2,19,21,22)/t10?,11-,12-,13-,14-,15?,16-/m1/s1. The minimum atomic E-state index is -4.20. The summed E-state index contributed by atoms with van der Waals surface area (Å²) >= 11 is 0. The highest BCUT2D eigenvalue weighted by molar-refractivity contribution is 7.50. The lowest BCUT2D eigenvalue weighted by molar-refractivity contribution is -0.0758. The normalized spacial score (nSPS) is 38.4. The fraction of sp³-hybridized carbons (Fsp3) is 1.00. The maximum atomic E-state index is 12.5. The minimum absolute atomic E-state index is 0.00806. The first-order chi connectivity index (χ1) is 13.0. The van der Waals surface area contributed by atoms with Crippen molar-refractivity contribution in [3.63, 3.8) is 0 Å². The van der Waals surface area contributed by atoms with E-state index in [1.54, 1.807) is 13.8 Å². The van der Waals surface area contributed by atoms with Gasteiger partial charge in [0.15, 0.2) is 0 Å². The number of aliphatic hydroxyl groups is 1.